The summed E-state index contributed by atoms with van der Waals surface area (Å²) in [7, 11) is 0. The molecule has 0 amide bonds. The molecule has 0 spiro atoms. The first-order valence-electron chi connectivity index (χ1n) is 10.6. The molecule has 6 rings (SSSR count). The molecule has 1 unspecified atom stereocenters. The van der Waals surface area contributed by atoms with Crippen molar-refractivity contribution in [3.8, 4) is 0 Å². The van der Waals surface area contributed by atoms with Crippen LogP contribution in [-0.2, 0) is 0 Å². The van der Waals surface area contributed by atoms with Crippen LogP contribution >= 0.6 is 0 Å². The van der Waals surface area contributed by atoms with E-state index in [9.17, 15) is 4.79 Å². The van der Waals surface area contributed by atoms with E-state index in [4.69, 9.17) is 0 Å². The molecule has 146 valence electrons. The highest BCUT2D eigenvalue weighted by Gasteiger charge is 2.46. The van der Waals surface area contributed by atoms with Gasteiger partial charge < -0.3 is 0 Å². The fourth-order valence-corrected chi connectivity index (χ4v) is 5.08. The normalized spacial score (nSPS) is 17.2. The average molecular weight is 396 g/mol. The molecule has 0 aromatic heterocycles. The molecule has 4 aromatic carbocycles. The Morgan fingerprint density at radius 2 is 0.839 bits per heavy atom. The van der Waals surface area contributed by atoms with Crippen molar-refractivity contribution >= 4 is 28.1 Å². The highest BCUT2D eigenvalue weighted by atomic mass is 16.1. The van der Waals surface area contributed by atoms with Crippen molar-refractivity contribution in [3.63, 3.8) is 0 Å². The van der Waals surface area contributed by atoms with Gasteiger partial charge in [0, 0.05) is 5.56 Å². The SMILES string of the molecule is O=C1c2ccccc2C2=C(c3ccccc3)C(c3ccccc3)=C(c3ccccc3)C12. The Balaban J connectivity index is 1.75. The molecule has 4 aromatic rings. The lowest BCUT2D eigenvalue weighted by atomic mass is 9.86. The van der Waals surface area contributed by atoms with Gasteiger partial charge in [-0.3, -0.25) is 4.79 Å². The topological polar surface area (TPSA) is 17.1 Å². The minimum absolute atomic E-state index is 0.198. The molecule has 1 heteroatoms. The van der Waals surface area contributed by atoms with E-state index in [1.165, 1.54) is 11.1 Å². The zero-order valence-electron chi connectivity index (χ0n) is 17.0. The Morgan fingerprint density at radius 1 is 0.419 bits per heavy atom. The molecule has 0 heterocycles. The zero-order valence-corrected chi connectivity index (χ0v) is 17.0. The third-order valence-electron chi connectivity index (χ3n) is 6.32. The summed E-state index contributed by atoms with van der Waals surface area (Å²) >= 11 is 0. The predicted octanol–water partition coefficient (Wildman–Crippen LogP) is 7.03. The predicted molar refractivity (Wildman–Crippen MR) is 127 cm³/mol. The Kier molecular flexibility index (Phi) is 4.07. The lowest BCUT2D eigenvalue weighted by molar-refractivity contribution is 0.0980. The summed E-state index contributed by atoms with van der Waals surface area (Å²) in [6, 6.07) is 39.4. The maximum absolute atomic E-state index is 13.7. The second-order valence-corrected chi connectivity index (χ2v) is 8.02. The van der Waals surface area contributed by atoms with E-state index in [-0.39, 0.29) is 11.7 Å². The average Bonchev–Trinajstić information content (AvgIpc) is 3.34. The van der Waals surface area contributed by atoms with E-state index >= 15 is 0 Å². The number of fused-ring (bicyclic) bond motifs is 3. The maximum Gasteiger partial charge on any atom is 0.175 e. The Hall–Kier alpha value is -3.97. The summed E-state index contributed by atoms with van der Waals surface area (Å²) in [5, 5.41) is 0. The van der Waals surface area contributed by atoms with E-state index in [0.29, 0.717) is 0 Å². The monoisotopic (exact) mass is 396 g/mol. The second-order valence-electron chi connectivity index (χ2n) is 8.02. The van der Waals surface area contributed by atoms with Crippen molar-refractivity contribution < 1.29 is 4.79 Å². The molecule has 2 aliphatic rings. The molecular weight excluding hydrogens is 376 g/mol. The van der Waals surface area contributed by atoms with Gasteiger partial charge in [-0.05, 0) is 44.5 Å². The van der Waals surface area contributed by atoms with Crippen LogP contribution in [0.15, 0.2) is 115 Å². The van der Waals surface area contributed by atoms with E-state index in [1.807, 2.05) is 36.4 Å². The molecule has 31 heavy (non-hydrogen) atoms. The summed E-state index contributed by atoms with van der Waals surface area (Å²) in [4.78, 5) is 13.7. The van der Waals surface area contributed by atoms with Crippen LogP contribution < -0.4 is 0 Å². The van der Waals surface area contributed by atoms with Crippen molar-refractivity contribution in [2.45, 2.75) is 0 Å². The van der Waals surface area contributed by atoms with Gasteiger partial charge in [-0.2, -0.15) is 0 Å². The smallest absolute Gasteiger partial charge is 0.175 e. The minimum Gasteiger partial charge on any atom is -0.293 e. The van der Waals surface area contributed by atoms with E-state index < -0.39 is 0 Å². The van der Waals surface area contributed by atoms with Crippen LogP contribution in [-0.4, -0.2) is 5.78 Å². The summed E-state index contributed by atoms with van der Waals surface area (Å²) < 4.78 is 0. The van der Waals surface area contributed by atoms with Crippen molar-refractivity contribution in [1.29, 1.82) is 0 Å². The Bertz CT molecular complexity index is 1320. The van der Waals surface area contributed by atoms with Crippen LogP contribution in [0, 0.1) is 5.92 Å². The number of hydrogen-bond acceptors (Lipinski definition) is 1. The molecule has 0 radical (unpaired) electrons. The van der Waals surface area contributed by atoms with Crippen LogP contribution in [0.5, 0.6) is 0 Å². The second kappa shape index (κ2) is 7.07. The lowest BCUT2D eigenvalue weighted by Crippen LogP contribution is -2.09. The van der Waals surface area contributed by atoms with Crippen LogP contribution in [0.1, 0.15) is 32.6 Å². The number of carbonyl (C=O) groups excluding carboxylic acids is 1. The van der Waals surface area contributed by atoms with E-state index in [0.717, 1.165) is 39.0 Å². The van der Waals surface area contributed by atoms with Gasteiger partial charge in [0.1, 0.15) is 0 Å². The third-order valence-corrected chi connectivity index (χ3v) is 6.32. The first kappa shape index (κ1) is 17.9. The molecule has 1 atom stereocenters. The quantitative estimate of drug-likeness (QED) is 0.363. The van der Waals surface area contributed by atoms with Crippen LogP contribution in [0.25, 0.3) is 22.3 Å². The number of Topliss-reactive ketones (excluding diaryl/α,β-unsaturated/α-hetero) is 1. The van der Waals surface area contributed by atoms with Gasteiger partial charge in [0.05, 0.1) is 5.92 Å². The first-order chi connectivity index (χ1) is 15.3. The molecule has 0 saturated carbocycles. The fourth-order valence-electron chi connectivity index (χ4n) is 5.08. The van der Waals surface area contributed by atoms with Gasteiger partial charge in [0.15, 0.2) is 5.78 Å². The number of carbonyl (C=O) groups is 1. The van der Waals surface area contributed by atoms with Crippen molar-refractivity contribution in [2.75, 3.05) is 0 Å². The van der Waals surface area contributed by atoms with Gasteiger partial charge in [-0.15, -0.1) is 0 Å². The molecular formula is C30H20O. The Labute approximate surface area is 182 Å². The summed E-state index contributed by atoms with van der Waals surface area (Å²) in [5.74, 6) is -0.0750. The van der Waals surface area contributed by atoms with Gasteiger partial charge in [0.25, 0.3) is 0 Å². The maximum atomic E-state index is 13.7. The van der Waals surface area contributed by atoms with E-state index in [2.05, 4.69) is 78.9 Å². The fraction of sp³-hybridized carbons (Fsp3) is 0.0333. The van der Waals surface area contributed by atoms with Crippen molar-refractivity contribution in [3.05, 3.63) is 143 Å². The molecule has 0 saturated heterocycles. The standard InChI is InChI=1S/C30H20O/c31-30-24-19-11-10-18-23(24)28-26(21-14-6-2-7-15-21)25(20-12-4-1-5-13-20)27(29(28)30)22-16-8-3-9-17-22/h1-19,29H. The molecule has 2 aliphatic carbocycles. The number of hydrogen-bond donors (Lipinski definition) is 0. The largest absolute Gasteiger partial charge is 0.293 e. The molecule has 1 nitrogen and oxygen atoms in total. The summed E-state index contributed by atoms with van der Waals surface area (Å²) in [5.41, 5.74) is 9.90. The van der Waals surface area contributed by atoms with Crippen molar-refractivity contribution in [1.82, 2.24) is 0 Å². The highest BCUT2D eigenvalue weighted by Crippen LogP contribution is 2.58. The number of allylic oxidation sites excluding steroid dienone is 4. The van der Waals surface area contributed by atoms with Crippen LogP contribution in [0.3, 0.4) is 0 Å². The van der Waals surface area contributed by atoms with Gasteiger partial charge in [-0.1, -0.05) is 115 Å². The van der Waals surface area contributed by atoms with Gasteiger partial charge >= 0.3 is 0 Å². The minimum atomic E-state index is -0.273. The molecule has 0 N–H and O–H groups in total. The first-order valence-corrected chi connectivity index (χ1v) is 10.6. The van der Waals surface area contributed by atoms with Crippen LogP contribution in [0.4, 0.5) is 0 Å². The molecule has 0 aliphatic heterocycles. The lowest BCUT2D eigenvalue weighted by Gasteiger charge is -2.16. The van der Waals surface area contributed by atoms with Gasteiger partial charge in [-0.25, -0.2) is 0 Å². The number of benzene rings is 4. The number of rotatable bonds is 3. The van der Waals surface area contributed by atoms with Crippen molar-refractivity contribution in [2.24, 2.45) is 5.92 Å². The molecule has 0 bridgehead atoms. The van der Waals surface area contributed by atoms with Crippen LogP contribution in [0.2, 0.25) is 0 Å². The summed E-state index contributed by atoms with van der Waals surface area (Å²) in [6.45, 7) is 0. The third kappa shape index (κ3) is 2.67. The zero-order chi connectivity index (χ0) is 20.8. The molecule has 0 fully saturated rings. The van der Waals surface area contributed by atoms with E-state index in [1.54, 1.807) is 0 Å². The van der Waals surface area contributed by atoms with Gasteiger partial charge in [0.2, 0.25) is 0 Å². The summed E-state index contributed by atoms with van der Waals surface area (Å²) in [6.07, 6.45) is 0. The number of ketones is 1. The Morgan fingerprint density at radius 3 is 1.39 bits per heavy atom. The highest BCUT2D eigenvalue weighted by molar-refractivity contribution is 6.38.